The van der Waals surface area contributed by atoms with Gasteiger partial charge in [-0.1, -0.05) is 6.58 Å². The largest absolute Gasteiger partial charge is 0.378 e. The number of sulfone groups is 1. The van der Waals surface area contributed by atoms with E-state index in [1.165, 1.54) is 0 Å². The Balaban J connectivity index is 3.15. The lowest BCUT2D eigenvalue weighted by atomic mass is 10.6. The lowest BCUT2D eigenvalue weighted by molar-refractivity contribution is 0.0505. The second kappa shape index (κ2) is 11.6. The van der Waals surface area contributed by atoms with E-state index >= 15 is 0 Å². The summed E-state index contributed by atoms with van der Waals surface area (Å²) in [6, 6.07) is 0. The van der Waals surface area contributed by atoms with Crippen molar-refractivity contribution < 1.29 is 17.9 Å². The fourth-order valence-electron chi connectivity index (χ4n) is 1.06. The SMILES string of the molecule is C=CS(=O)(=O)CCNCCOCCOCCNC. The molecule has 0 bridgehead atoms. The molecule has 7 heteroatoms. The van der Waals surface area contributed by atoms with Gasteiger partial charge in [-0.05, 0) is 7.05 Å². The van der Waals surface area contributed by atoms with Gasteiger partial charge in [-0.3, -0.25) is 0 Å². The van der Waals surface area contributed by atoms with Gasteiger partial charge in [-0.15, -0.1) is 0 Å². The minimum Gasteiger partial charge on any atom is -0.378 e. The molecule has 0 rings (SSSR count). The standard InChI is InChI=1S/C11H24N2O4S/c1-3-18(14,15)11-6-13-5-8-17-10-9-16-7-4-12-2/h3,12-13H,1,4-11H2,2H3. The average molecular weight is 280 g/mol. The molecule has 2 N–H and O–H groups in total. The van der Waals surface area contributed by atoms with E-state index in [9.17, 15) is 8.42 Å². The molecule has 0 atom stereocenters. The smallest absolute Gasteiger partial charge is 0.172 e. The van der Waals surface area contributed by atoms with E-state index < -0.39 is 9.84 Å². The molecule has 0 aromatic heterocycles. The van der Waals surface area contributed by atoms with Crippen LogP contribution in [0, 0.1) is 0 Å². The van der Waals surface area contributed by atoms with Gasteiger partial charge in [0, 0.05) is 25.0 Å². The van der Waals surface area contributed by atoms with Gasteiger partial charge in [-0.2, -0.15) is 0 Å². The molecule has 0 aromatic carbocycles. The zero-order valence-electron chi connectivity index (χ0n) is 11.0. The van der Waals surface area contributed by atoms with Crippen LogP contribution in [0.2, 0.25) is 0 Å². The van der Waals surface area contributed by atoms with E-state index in [1.807, 2.05) is 7.05 Å². The second-order valence-electron chi connectivity index (χ2n) is 3.61. The third kappa shape index (κ3) is 12.0. The predicted octanol–water partition coefficient (Wildman–Crippen LogP) is -0.613. The van der Waals surface area contributed by atoms with Crippen LogP contribution in [-0.4, -0.2) is 67.3 Å². The van der Waals surface area contributed by atoms with Crippen molar-refractivity contribution in [3.63, 3.8) is 0 Å². The van der Waals surface area contributed by atoms with Gasteiger partial charge in [0.15, 0.2) is 9.84 Å². The summed E-state index contributed by atoms with van der Waals surface area (Å²) >= 11 is 0. The lowest BCUT2D eigenvalue weighted by Gasteiger charge is -2.06. The summed E-state index contributed by atoms with van der Waals surface area (Å²) in [4.78, 5) is 0. The first kappa shape index (κ1) is 17.5. The molecule has 0 amide bonds. The van der Waals surface area contributed by atoms with Gasteiger partial charge < -0.3 is 20.1 Å². The molecule has 0 unspecified atom stereocenters. The van der Waals surface area contributed by atoms with Gasteiger partial charge in [0.05, 0.1) is 32.2 Å². The molecule has 0 fully saturated rings. The third-order valence-electron chi connectivity index (χ3n) is 2.11. The average Bonchev–Trinajstić information content (AvgIpc) is 2.36. The Morgan fingerprint density at radius 3 is 2.22 bits per heavy atom. The Morgan fingerprint density at radius 2 is 1.67 bits per heavy atom. The molecule has 0 heterocycles. The second-order valence-corrected chi connectivity index (χ2v) is 5.68. The highest BCUT2D eigenvalue weighted by atomic mass is 32.2. The van der Waals surface area contributed by atoms with Crippen molar-refractivity contribution >= 4 is 9.84 Å². The first-order valence-corrected chi connectivity index (χ1v) is 7.70. The highest BCUT2D eigenvalue weighted by Crippen LogP contribution is 1.87. The van der Waals surface area contributed by atoms with Crippen LogP contribution < -0.4 is 10.6 Å². The van der Waals surface area contributed by atoms with Gasteiger partial charge in [-0.25, -0.2) is 8.42 Å². The number of nitrogens with one attached hydrogen (secondary N) is 2. The number of likely N-dealkylation sites (N-methyl/N-ethyl adjacent to an activating group) is 1. The van der Waals surface area contributed by atoms with Crippen molar-refractivity contribution in [1.82, 2.24) is 10.6 Å². The lowest BCUT2D eigenvalue weighted by Crippen LogP contribution is -2.26. The Morgan fingerprint density at radius 1 is 1.06 bits per heavy atom. The summed E-state index contributed by atoms with van der Waals surface area (Å²) in [7, 11) is -1.22. The number of hydrogen-bond donors (Lipinski definition) is 2. The minimum absolute atomic E-state index is 0.0730. The van der Waals surface area contributed by atoms with Crippen LogP contribution in [0.1, 0.15) is 0 Å². The topological polar surface area (TPSA) is 76.7 Å². The summed E-state index contributed by atoms with van der Waals surface area (Å²) in [5.74, 6) is 0.0730. The molecular formula is C11H24N2O4S. The van der Waals surface area contributed by atoms with Crippen molar-refractivity contribution in [1.29, 1.82) is 0 Å². The highest BCUT2D eigenvalue weighted by molar-refractivity contribution is 7.94. The molecule has 18 heavy (non-hydrogen) atoms. The van der Waals surface area contributed by atoms with E-state index in [0.29, 0.717) is 39.5 Å². The minimum atomic E-state index is -3.10. The summed E-state index contributed by atoms with van der Waals surface area (Å²) in [5, 5.41) is 6.94. The third-order valence-corrected chi connectivity index (χ3v) is 3.39. The molecule has 0 spiro atoms. The zero-order chi connectivity index (χ0) is 13.7. The van der Waals surface area contributed by atoms with Gasteiger partial charge in [0.2, 0.25) is 0 Å². The first-order chi connectivity index (χ1) is 8.62. The number of rotatable bonds is 13. The monoisotopic (exact) mass is 280 g/mol. The van der Waals surface area contributed by atoms with E-state index in [-0.39, 0.29) is 5.75 Å². The van der Waals surface area contributed by atoms with Crippen LogP contribution in [-0.2, 0) is 19.3 Å². The number of hydrogen-bond acceptors (Lipinski definition) is 6. The van der Waals surface area contributed by atoms with E-state index in [1.54, 1.807) is 0 Å². The van der Waals surface area contributed by atoms with Crippen LogP contribution in [0.15, 0.2) is 12.0 Å². The zero-order valence-corrected chi connectivity index (χ0v) is 11.8. The van der Waals surface area contributed by atoms with Gasteiger partial charge in [0.25, 0.3) is 0 Å². The summed E-state index contributed by atoms with van der Waals surface area (Å²) in [5.41, 5.74) is 0. The molecule has 0 saturated heterocycles. The van der Waals surface area contributed by atoms with E-state index in [0.717, 1.165) is 12.0 Å². The normalized spacial score (nSPS) is 11.6. The van der Waals surface area contributed by atoms with Gasteiger partial charge in [0.1, 0.15) is 0 Å². The molecule has 0 saturated carbocycles. The first-order valence-electron chi connectivity index (χ1n) is 5.98. The van der Waals surface area contributed by atoms with E-state index in [4.69, 9.17) is 9.47 Å². The molecule has 0 aromatic rings. The molecule has 108 valence electrons. The van der Waals surface area contributed by atoms with Crippen LogP contribution in [0.25, 0.3) is 0 Å². The molecule has 0 aliphatic heterocycles. The fraction of sp³-hybridized carbons (Fsp3) is 0.818. The molecular weight excluding hydrogens is 256 g/mol. The van der Waals surface area contributed by atoms with Crippen LogP contribution in [0.4, 0.5) is 0 Å². The maximum atomic E-state index is 11.0. The van der Waals surface area contributed by atoms with Crippen molar-refractivity contribution in [3.05, 3.63) is 12.0 Å². The molecule has 0 aliphatic carbocycles. The summed E-state index contributed by atoms with van der Waals surface area (Å²) in [6.45, 7) is 7.47. The van der Waals surface area contributed by atoms with Crippen LogP contribution in [0.5, 0.6) is 0 Å². The van der Waals surface area contributed by atoms with Crippen molar-refractivity contribution in [2.45, 2.75) is 0 Å². The Kier molecular flexibility index (Phi) is 11.3. The fourth-order valence-corrected chi connectivity index (χ4v) is 1.66. The van der Waals surface area contributed by atoms with Crippen molar-refractivity contribution in [2.75, 3.05) is 58.9 Å². The Bertz CT molecular complexity index is 293. The maximum Gasteiger partial charge on any atom is 0.172 e. The van der Waals surface area contributed by atoms with Crippen molar-refractivity contribution in [3.8, 4) is 0 Å². The molecule has 6 nitrogen and oxygen atoms in total. The maximum absolute atomic E-state index is 11.0. The van der Waals surface area contributed by atoms with Gasteiger partial charge >= 0.3 is 0 Å². The van der Waals surface area contributed by atoms with Crippen LogP contribution >= 0.6 is 0 Å². The number of ether oxygens (including phenoxy) is 2. The highest BCUT2D eigenvalue weighted by Gasteiger charge is 2.02. The van der Waals surface area contributed by atoms with E-state index in [2.05, 4.69) is 17.2 Å². The van der Waals surface area contributed by atoms with Crippen LogP contribution in [0.3, 0.4) is 0 Å². The Hall–Kier alpha value is -0.470. The Labute approximate surface area is 110 Å². The molecule has 0 radical (unpaired) electrons. The predicted molar refractivity (Wildman–Crippen MR) is 72.4 cm³/mol. The molecule has 0 aliphatic rings. The quantitative estimate of drug-likeness (QED) is 0.438. The summed E-state index contributed by atoms with van der Waals surface area (Å²) in [6.07, 6.45) is 0. The summed E-state index contributed by atoms with van der Waals surface area (Å²) < 4.78 is 32.7. The van der Waals surface area contributed by atoms with Crippen molar-refractivity contribution in [2.24, 2.45) is 0 Å².